The van der Waals surface area contributed by atoms with Gasteiger partial charge in [-0.15, -0.1) is 0 Å². The van der Waals surface area contributed by atoms with Crippen molar-refractivity contribution in [1.29, 1.82) is 5.26 Å². The van der Waals surface area contributed by atoms with Crippen LogP contribution in [0.15, 0.2) is 36.4 Å². The fourth-order valence-electron chi connectivity index (χ4n) is 1.81. The quantitative estimate of drug-likeness (QED) is 0.930. The zero-order valence-corrected chi connectivity index (χ0v) is 12.2. The van der Waals surface area contributed by atoms with E-state index in [-0.39, 0.29) is 18.2 Å². The van der Waals surface area contributed by atoms with E-state index in [4.69, 9.17) is 27.3 Å². The van der Waals surface area contributed by atoms with Gasteiger partial charge in [0.05, 0.1) is 16.7 Å². The fraction of sp³-hybridized carbons (Fsp3) is 0.188. The van der Waals surface area contributed by atoms with E-state index in [9.17, 15) is 4.39 Å². The molecule has 0 bridgehead atoms. The zero-order chi connectivity index (χ0) is 15.4. The first-order chi connectivity index (χ1) is 10.0. The maximum atomic E-state index is 13.7. The Balaban J connectivity index is 2.12. The lowest BCUT2D eigenvalue weighted by atomic mass is 10.1. The first-order valence-electron chi connectivity index (χ1n) is 6.37. The fourth-order valence-corrected chi connectivity index (χ4v) is 2.05. The van der Waals surface area contributed by atoms with Crippen molar-refractivity contribution in [3.63, 3.8) is 0 Å². The molecule has 2 N–H and O–H groups in total. The van der Waals surface area contributed by atoms with E-state index in [1.807, 2.05) is 19.1 Å². The molecule has 108 valence electrons. The Morgan fingerprint density at radius 2 is 2.10 bits per heavy atom. The Hall–Kier alpha value is -2.09. The first-order valence-corrected chi connectivity index (χ1v) is 6.75. The maximum Gasteiger partial charge on any atom is 0.138 e. The van der Waals surface area contributed by atoms with Gasteiger partial charge in [0, 0.05) is 11.6 Å². The van der Waals surface area contributed by atoms with Gasteiger partial charge >= 0.3 is 0 Å². The lowest BCUT2D eigenvalue weighted by Gasteiger charge is -2.11. The molecule has 0 spiro atoms. The highest BCUT2D eigenvalue weighted by molar-refractivity contribution is 6.32. The molecular formula is C16H14ClFN2O. The van der Waals surface area contributed by atoms with Gasteiger partial charge in [-0.2, -0.15) is 5.26 Å². The third-order valence-corrected chi connectivity index (χ3v) is 3.34. The SMILES string of the molecule is C[C@@H](N)c1ccc(OCc2ccc(C#N)cc2F)c(Cl)c1. The summed E-state index contributed by atoms with van der Waals surface area (Å²) in [4.78, 5) is 0. The van der Waals surface area contributed by atoms with Crippen LogP contribution in [-0.4, -0.2) is 0 Å². The number of benzene rings is 2. The summed E-state index contributed by atoms with van der Waals surface area (Å²) in [5.74, 6) is -0.0119. The van der Waals surface area contributed by atoms with Crippen molar-refractivity contribution in [3.8, 4) is 11.8 Å². The topological polar surface area (TPSA) is 59.0 Å². The molecule has 0 aliphatic heterocycles. The van der Waals surface area contributed by atoms with Crippen LogP contribution in [0.3, 0.4) is 0 Å². The number of hydrogen-bond acceptors (Lipinski definition) is 3. The van der Waals surface area contributed by atoms with Crippen LogP contribution < -0.4 is 10.5 Å². The van der Waals surface area contributed by atoms with Crippen LogP contribution in [0, 0.1) is 17.1 Å². The Morgan fingerprint density at radius 1 is 1.33 bits per heavy atom. The van der Waals surface area contributed by atoms with Gasteiger partial charge < -0.3 is 10.5 Å². The molecule has 0 aliphatic rings. The molecule has 5 heteroatoms. The maximum absolute atomic E-state index is 13.7. The average Bonchev–Trinajstić information content (AvgIpc) is 2.46. The number of nitrogens with zero attached hydrogens (tertiary/aromatic N) is 1. The van der Waals surface area contributed by atoms with Gasteiger partial charge in [0.15, 0.2) is 0 Å². The summed E-state index contributed by atoms with van der Waals surface area (Å²) in [5.41, 5.74) is 7.31. The van der Waals surface area contributed by atoms with E-state index >= 15 is 0 Å². The third kappa shape index (κ3) is 3.72. The van der Waals surface area contributed by atoms with E-state index in [0.717, 1.165) is 5.56 Å². The second kappa shape index (κ2) is 6.57. The average molecular weight is 305 g/mol. The highest BCUT2D eigenvalue weighted by Gasteiger charge is 2.08. The lowest BCUT2D eigenvalue weighted by Crippen LogP contribution is -2.05. The molecule has 0 fully saturated rings. The summed E-state index contributed by atoms with van der Waals surface area (Å²) in [5, 5.41) is 9.12. The standard InChI is InChI=1S/C16H14ClFN2O/c1-10(20)12-4-5-16(14(17)7-12)21-9-13-3-2-11(8-19)6-15(13)18/h2-7,10H,9,20H2,1H3/t10-/m1/s1. The van der Waals surface area contributed by atoms with Crippen molar-refractivity contribution in [2.75, 3.05) is 0 Å². The van der Waals surface area contributed by atoms with Crippen molar-refractivity contribution in [1.82, 2.24) is 0 Å². The smallest absolute Gasteiger partial charge is 0.138 e. The van der Waals surface area contributed by atoms with Crippen LogP contribution in [-0.2, 0) is 6.61 Å². The van der Waals surface area contributed by atoms with Crippen molar-refractivity contribution in [3.05, 3.63) is 63.9 Å². The predicted molar refractivity (Wildman–Crippen MR) is 79.5 cm³/mol. The van der Waals surface area contributed by atoms with Gasteiger partial charge in [0.2, 0.25) is 0 Å². The molecule has 0 aliphatic carbocycles. The predicted octanol–water partition coefficient (Wildman–Crippen LogP) is 3.95. The number of rotatable bonds is 4. The molecule has 3 nitrogen and oxygen atoms in total. The van der Waals surface area contributed by atoms with E-state index in [1.165, 1.54) is 12.1 Å². The minimum Gasteiger partial charge on any atom is -0.487 e. The summed E-state index contributed by atoms with van der Waals surface area (Å²) >= 11 is 6.11. The molecule has 0 saturated carbocycles. The molecular weight excluding hydrogens is 291 g/mol. The monoisotopic (exact) mass is 304 g/mol. The molecule has 2 aromatic rings. The molecule has 0 unspecified atom stereocenters. The van der Waals surface area contributed by atoms with Crippen molar-refractivity contribution < 1.29 is 9.13 Å². The van der Waals surface area contributed by atoms with Crippen LogP contribution in [0.25, 0.3) is 0 Å². The number of ether oxygens (including phenoxy) is 1. The second-order valence-corrected chi connectivity index (χ2v) is 5.09. The Bertz CT molecular complexity index is 695. The normalized spacial score (nSPS) is 11.8. The summed E-state index contributed by atoms with van der Waals surface area (Å²) in [6.07, 6.45) is 0. The molecule has 2 rings (SSSR count). The van der Waals surface area contributed by atoms with E-state index in [2.05, 4.69) is 0 Å². The van der Waals surface area contributed by atoms with E-state index < -0.39 is 5.82 Å². The number of halogens is 2. The molecule has 0 saturated heterocycles. The Kier molecular flexibility index (Phi) is 4.79. The lowest BCUT2D eigenvalue weighted by molar-refractivity contribution is 0.300. The molecule has 0 heterocycles. The highest BCUT2D eigenvalue weighted by Crippen LogP contribution is 2.28. The highest BCUT2D eigenvalue weighted by atomic mass is 35.5. The third-order valence-electron chi connectivity index (χ3n) is 3.05. The van der Waals surface area contributed by atoms with E-state index in [1.54, 1.807) is 18.2 Å². The Labute approximate surface area is 127 Å². The molecule has 0 amide bonds. The summed E-state index contributed by atoms with van der Waals surface area (Å²) < 4.78 is 19.2. The van der Waals surface area contributed by atoms with Crippen molar-refractivity contribution >= 4 is 11.6 Å². The minimum atomic E-state index is -0.475. The van der Waals surface area contributed by atoms with Crippen molar-refractivity contribution in [2.45, 2.75) is 19.6 Å². The molecule has 1 atom stereocenters. The summed E-state index contributed by atoms with van der Waals surface area (Å²) in [7, 11) is 0. The van der Waals surface area contributed by atoms with Crippen LogP contribution >= 0.6 is 11.6 Å². The van der Waals surface area contributed by atoms with Gasteiger partial charge in [-0.3, -0.25) is 0 Å². The Morgan fingerprint density at radius 3 is 2.67 bits per heavy atom. The van der Waals surface area contributed by atoms with Gasteiger partial charge in [0.25, 0.3) is 0 Å². The number of nitrogens with two attached hydrogens (primary N) is 1. The molecule has 0 aromatic heterocycles. The van der Waals surface area contributed by atoms with Gasteiger partial charge in [-0.25, -0.2) is 4.39 Å². The molecule has 0 radical (unpaired) electrons. The summed E-state index contributed by atoms with van der Waals surface area (Å²) in [6, 6.07) is 11.3. The largest absolute Gasteiger partial charge is 0.487 e. The van der Waals surface area contributed by atoms with E-state index in [0.29, 0.717) is 16.3 Å². The van der Waals surface area contributed by atoms with Crippen LogP contribution in [0.5, 0.6) is 5.75 Å². The zero-order valence-electron chi connectivity index (χ0n) is 11.4. The van der Waals surface area contributed by atoms with Gasteiger partial charge in [-0.05, 0) is 36.8 Å². The minimum absolute atomic E-state index is 0.0365. The van der Waals surface area contributed by atoms with Crippen LogP contribution in [0.4, 0.5) is 4.39 Å². The number of hydrogen-bond donors (Lipinski definition) is 1. The van der Waals surface area contributed by atoms with Gasteiger partial charge in [0.1, 0.15) is 18.2 Å². The number of nitriles is 1. The summed E-state index contributed by atoms with van der Waals surface area (Å²) in [6.45, 7) is 1.90. The first kappa shape index (κ1) is 15.3. The van der Waals surface area contributed by atoms with Gasteiger partial charge in [-0.1, -0.05) is 23.7 Å². The van der Waals surface area contributed by atoms with Crippen LogP contribution in [0.2, 0.25) is 5.02 Å². The van der Waals surface area contributed by atoms with Crippen molar-refractivity contribution in [2.24, 2.45) is 5.73 Å². The second-order valence-electron chi connectivity index (χ2n) is 4.69. The molecule has 2 aromatic carbocycles. The molecule has 21 heavy (non-hydrogen) atoms. The van der Waals surface area contributed by atoms with Crippen LogP contribution in [0.1, 0.15) is 29.7 Å².